The van der Waals surface area contributed by atoms with Gasteiger partial charge in [0.05, 0.1) is 11.6 Å². The third kappa shape index (κ3) is 3.13. The Morgan fingerprint density at radius 2 is 2.12 bits per heavy atom. The van der Waals surface area contributed by atoms with Gasteiger partial charge in [-0.2, -0.15) is 0 Å². The summed E-state index contributed by atoms with van der Waals surface area (Å²) in [7, 11) is 0. The van der Waals surface area contributed by atoms with E-state index in [-0.39, 0.29) is 25.0 Å². The van der Waals surface area contributed by atoms with Gasteiger partial charge in [-0.05, 0) is 18.8 Å². The predicted molar refractivity (Wildman–Crippen MR) is 65.4 cm³/mol. The van der Waals surface area contributed by atoms with E-state index in [9.17, 15) is 9.59 Å². The van der Waals surface area contributed by atoms with Gasteiger partial charge < -0.3 is 14.9 Å². The number of nitrogens with zero attached hydrogens (tertiary/aromatic N) is 2. The van der Waals surface area contributed by atoms with Crippen LogP contribution in [-0.2, 0) is 9.59 Å². The second-order valence-corrected chi connectivity index (χ2v) is 5.53. The van der Waals surface area contributed by atoms with E-state index in [1.54, 1.807) is 16.7 Å². The molecule has 6 heteroatoms. The summed E-state index contributed by atoms with van der Waals surface area (Å²) in [5.41, 5.74) is 0. The number of thioether (sulfide) groups is 1. The molecule has 17 heavy (non-hydrogen) atoms. The summed E-state index contributed by atoms with van der Waals surface area (Å²) in [6.07, 6.45) is 1.73. The zero-order valence-electron chi connectivity index (χ0n) is 9.80. The molecule has 1 N–H and O–H groups in total. The number of amides is 2. The third-order valence-corrected chi connectivity index (χ3v) is 4.32. The third-order valence-electron chi connectivity index (χ3n) is 3.38. The van der Waals surface area contributed by atoms with Crippen molar-refractivity contribution >= 4 is 23.6 Å². The highest BCUT2D eigenvalue weighted by Crippen LogP contribution is 2.18. The van der Waals surface area contributed by atoms with Crippen molar-refractivity contribution in [1.29, 1.82) is 0 Å². The van der Waals surface area contributed by atoms with E-state index in [1.807, 2.05) is 4.90 Å². The predicted octanol–water partition coefficient (Wildman–Crippen LogP) is -0.250. The Hall–Kier alpha value is -0.750. The van der Waals surface area contributed by atoms with Crippen molar-refractivity contribution in [2.24, 2.45) is 5.92 Å². The van der Waals surface area contributed by atoms with Gasteiger partial charge in [0.2, 0.25) is 11.8 Å². The average Bonchev–Trinajstić information content (AvgIpc) is 2.75. The Kier molecular flexibility index (Phi) is 4.28. The van der Waals surface area contributed by atoms with Crippen molar-refractivity contribution in [1.82, 2.24) is 9.80 Å². The summed E-state index contributed by atoms with van der Waals surface area (Å²) >= 11 is 1.56. The van der Waals surface area contributed by atoms with Gasteiger partial charge in [0.1, 0.15) is 6.54 Å². The van der Waals surface area contributed by atoms with Crippen molar-refractivity contribution in [3.63, 3.8) is 0 Å². The molecule has 0 spiro atoms. The lowest BCUT2D eigenvalue weighted by molar-refractivity contribution is -0.139. The zero-order chi connectivity index (χ0) is 12.3. The van der Waals surface area contributed by atoms with Gasteiger partial charge >= 0.3 is 0 Å². The SMILES string of the molecule is O=C(CN1CSCC1=O)N1CCC(CO)CC1. The van der Waals surface area contributed by atoms with Crippen LogP contribution in [0, 0.1) is 5.92 Å². The molecule has 0 aromatic carbocycles. The van der Waals surface area contributed by atoms with Gasteiger partial charge in [-0.1, -0.05) is 0 Å². The van der Waals surface area contributed by atoms with Crippen LogP contribution in [0.2, 0.25) is 0 Å². The smallest absolute Gasteiger partial charge is 0.242 e. The Morgan fingerprint density at radius 1 is 1.41 bits per heavy atom. The Labute approximate surface area is 105 Å². The lowest BCUT2D eigenvalue weighted by Gasteiger charge is -2.32. The maximum atomic E-state index is 12.0. The highest BCUT2D eigenvalue weighted by atomic mass is 32.2. The second-order valence-electron chi connectivity index (χ2n) is 4.58. The highest BCUT2D eigenvalue weighted by molar-refractivity contribution is 8.00. The average molecular weight is 258 g/mol. The number of hydrogen-bond acceptors (Lipinski definition) is 4. The highest BCUT2D eigenvalue weighted by Gasteiger charge is 2.27. The van der Waals surface area contributed by atoms with Crippen molar-refractivity contribution in [2.75, 3.05) is 37.9 Å². The van der Waals surface area contributed by atoms with E-state index < -0.39 is 0 Å². The summed E-state index contributed by atoms with van der Waals surface area (Å²) < 4.78 is 0. The first-order valence-electron chi connectivity index (χ1n) is 5.95. The van der Waals surface area contributed by atoms with Gasteiger partial charge in [-0.25, -0.2) is 0 Å². The van der Waals surface area contributed by atoms with Gasteiger partial charge in [-0.3, -0.25) is 9.59 Å². The van der Waals surface area contributed by atoms with Crippen LogP contribution in [0.15, 0.2) is 0 Å². The van der Waals surface area contributed by atoms with Gasteiger partial charge in [0.25, 0.3) is 0 Å². The van der Waals surface area contributed by atoms with Crippen LogP contribution in [-0.4, -0.2) is 64.6 Å². The number of aliphatic hydroxyl groups excluding tert-OH is 1. The lowest BCUT2D eigenvalue weighted by Crippen LogP contribution is -2.45. The van der Waals surface area contributed by atoms with Crippen LogP contribution in [0.1, 0.15) is 12.8 Å². The minimum atomic E-state index is 0.0391. The normalized spacial score (nSPS) is 22.3. The standard InChI is InChI=1S/C11H18N2O3S/c14-6-9-1-3-12(4-2-9)10(15)5-13-8-17-7-11(13)16/h9,14H,1-8H2. The Morgan fingerprint density at radius 3 is 2.65 bits per heavy atom. The quantitative estimate of drug-likeness (QED) is 0.758. The molecule has 2 aliphatic heterocycles. The van der Waals surface area contributed by atoms with Crippen LogP contribution in [0.25, 0.3) is 0 Å². The Bertz CT molecular complexity index is 303. The van der Waals surface area contributed by atoms with E-state index >= 15 is 0 Å². The number of carbonyl (C=O) groups excluding carboxylic acids is 2. The van der Waals surface area contributed by atoms with E-state index in [0.29, 0.717) is 30.6 Å². The van der Waals surface area contributed by atoms with E-state index in [1.165, 1.54) is 0 Å². The maximum Gasteiger partial charge on any atom is 0.242 e. The number of likely N-dealkylation sites (tertiary alicyclic amines) is 1. The molecule has 2 rings (SSSR count). The molecule has 0 unspecified atom stereocenters. The number of aliphatic hydroxyl groups is 1. The molecule has 2 fully saturated rings. The fourth-order valence-corrected chi connectivity index (χ4v) is 3.07. The largest absolute Gasteiger partial charge is 0.396 e. The van der Waals surface area contributed by atoms with Crippen LogP contribution >= 0.6 is 11.8 Å². The monoisotopic (exact) mass is 258 g/mol. The maximum absolute atomic E-state index is 12.0. The molecule has 0 saturated carbocycles. The second kappa shape index (κ2) is 5.73. The van der Waals surface area contributed by atoms with Crippen LogP contribution < -0.4 is 0 Å². The van der Waals surface area contributed by atoms with Gasteiger partial charge in [0.15, 0.2) is 0 Å². The van der Waals surface area contributed by atoms with Crippen LogP contribution in [0.3, 0.4) is 0 Å². The number of rotatable bonds is 3. The summed E-state index contributed by atoms with van der Waals surface area (Å²) in [5.74, 6) is 1.58. The zero-order valence-corrected chi connectivity index (χ0v) is 10.6. The number of hydrogen-bond donors (Lipinski definition) is 1. The molecule has 0 atom stereocenters. The molecule has 2 aliphatic rings. The fraction of sp³-hybridized carbons (Fsp3) is 0.818. The Balaban J connectivity index is 1.78. The minimum Gasteiger partial charge on any atom is -0.396 e. The fourth-order valence-electron chi connectivity index (χ4n) is 2.17. The molecule has 2 heterocycles. The minimum absolute atomic E-state index is 0.0391. The topological polar surface area (TPSA) is 60.9 Å². The van der Waals surface area contributed by atoms with Crippen molar-refractivity contribution in [3.8, 4) is 0 Å². The first-order chi connectivity index (χ1) is 8.20. The van der Waals surface area contributed by atoms with E-state index in [0.717, 1.165) is 12.8 Å². The first kappa shape index (κ1) is 12.7. The molecule has 0 radical (unpaired) electrons. The lowest BCUT2D eigenvalue weighted by atomic mass is 9.98. The molecular formula is C11H18N2O3S. The molecule has 0 aromatic heterocycles. The van der Waals surface area contributed by atoms with Gasteiger partial charge in [0, 0.05) is 19.7 Å². The molecule has 2 saturated heterocycles. The molecular weight excluding hydrogens is 240 g/mol. The number of carbonyl (C=O) groups is 2. The molecule has 0 aromatic rings. The van der Waals surface area contributed by atoms with Crippen LogP contribution in [0.4, 0.5) is 0 Å². The summed E-state index contributed by atoms with van der Waals surface area (Å²) in [6, 6.07) is 0. The van der Waals surface area contributed by atoms with E-state index in [2.05, 4.69) is 0 Å². The molecule has 96 valence electrons. The van der Waals surface area contributed by atoms with E-state index in [4.69, 9.17) is 5.11 Å². The van der Waals surface area contributed by atoms with Crippen molar-refractivity contribution in [2.45, 2.75) is 12.8 Å². The summed E-state index contributed by atoms with van der Waals surface area (Å²) in [6.45, 7) is 1.84. The summed E-state index contributed by atoms with van der Waals surface area (Å²) in [5, 5.41) is 9.02. The van der Waals surface area contributed by atoms with Gasteiger partial charge in [-0.15, -0.1) is 11.8 Å². The van der Waals surface area contributed by atoms with Crippen LogP contribution in [0.5, 0.6) is 0 Å². The van der Waals surface area contributed by atoms with Crippen molar-refractivity contribution < 1.29 is 14.7 Å². The first-order valence-corrected chi connectivity index (χ1v) is 7.10. The number of piperidine rings is 1. The van der Waals surface area contributed by atoms with Crippen molar-refractivity contribution in [3.05, 3.63) is 0 Å². The molecule has 2 amide bonds. The summed E-state index contributed by atoms with van der Waals surface area (Å²) in [4.78, 5) is 26.8. The molecule has 0 bridgehead atoms. The molecule has 5 nitrogen and oxygen atoms in total. The molecule has 0 aliphatic carbocycles.